The van der Waals surface area contributed by atoms with Gasteiger partial charge in [0.05, 0.1) is 27.0 Å². The van der Waals surface area contributed by atoms with Gasteiger partial charge in [-0.15, -0.1) is 0 Å². The fourth-order valence-electron chi connectivity index (χ4n) is 1.67. The van der Waals surface area contributed by atoms with E-state index in [0.29, 0.717) is 11.5 Å². The Balaban J connectivity index is 1.95. The van der Waals surface area contributed by atoms with Crippen molar-refractivity contribution in [1.29, 1.82) is 0 Å². The summed E-state index contributed by atoms with van der Waals surface area (Å²) in [5, 5.41) is 6.70. The molecule has 0 saturated carbocycles. The molecule has 1 saturated heterocycles. The molecule has 0 aromatic heterocycles. The minimum atomic E-state index is -0.451. The minimum absolute atomic E-state index is 0.109. The summed E-state index contributed by atoms with van der Waals surface area (Å²) >= 11 is 0. The van der Waals surface area contributed by atoms with Crippen molar-refractivity contribution in [3.8, 4) is 11.5 Å². The first kappa shape index (κ1) is 14.1. The van der Waals surface area contributed by atoms with Crippen LogP contribution in [-0.2, 0) is 4.79 Å². The first-order valence-electron chi connectivity index (χ1n) is 6.01. The van der Waals surface area contributed by atoms with Crippen molar-refractivity contribution in [1.82, 2.24) is 21.6 Å². The molecule has 0 spiro atoms. The first-order valence-corrected chi connectivity index (χ1v) is 6.01. The molecule has 1 aromatic carbocycles. The number of nitrogens with one attached hydrogen (secondary N) is 4. The molecule has 4 N–H and O–H groups in total. The molecule has 20 heavy (non-hydrogen) atoms. The van der Waals surface area contributed by atoms with Crippen LogP contribution in [0.5, 0.6) is 11.5 Å². The van der Waals surface area contributed by atoms with Gasteiger partial charge in [0.25, 0.3) is 0 Å². The van der Waals surface area contributed by atoms with Crippen LogP contribution in [0, 0.1) is 0 Å². The van der Waals surface area contributed by atoms with Gasteiger partial charge in [-0.1, -0.05) is 0 Å². The van der Waals surface area contributed by atoms with Gasteiger partial charge in [0.15, 0.2) is 17.8 Å². The van der Waals surface area contributed by atoms with Crippen molar-refractivity contribution in [2.75, 3.05) is 20.8 Å². The van der Waals surface area contributed by atoms with Crippen LogP contribution < -0.4 is 31.1 Å². The second-order valence-corrected chi connectivity index (χ2v) is 4.00. The van der Waals surface area contributed by atoms with Gasteiger partial charge in [-0.3, -0.25) is 10.2 Å². The zero-order chi connectivity index (χ0) is 14.4. The lowest BCUT2D eigenvalue weighted by atomic mass is 10.2. The molecule has 1 aliphatic rings. The molecule has 2 rings (SSSR count). The molecule has 1 fully saturated rings. The van der Waals surface area contributed by atoms with Crippen molar-refractivity contribution < 1.29 is 14.3 Å². The predicted molar refractivity (Wildman–Crippen MR) is 73.3 cm³/mol. The Hall–Kier alpha value is -2.32. The summed E-state index contributed by atoms with van der Waals surface area (Å²) in [5.74, 6) is 1.17. The van der Waals surface area contributed by atoms with Crippen LogP contribution in [0.1, 0.15) is 5.56 Å². The number of hydrazone groups is 1. The van der Waals surface area contributed by atoms with E-state index < -0.39 is 6.29 Å². The number of benzene rings is 1. The SMILES string of the molecule is COc1ccc(/C=N/NC2NNCC(=O)N2)cc1OC. The number of amides is 1. The lowest BCUT2D eigenvalue weighted by Gasteiger charge is -2.24. The monoisotopic (exact) mass is 279 g/mol. The summed E-state index contributed by atoms with van der Waals surface area (Å²) in [6.45, 7) is 0.234. The molecular weight excluding hydrogens is 262 g/mol. The molecule has 1 unspecified atom stereocenters. The second kappa shape index (κ2) is 6.73. The highest BCUT2D eigenvalue weighted by Crippen LogP contribution is 2.26. The Morgan fingerprint density at radius 3 is 2.85 bits per heavy atom. The second-order valence-electron chi connectivity index (χ2n) is 4.00. The number of hydrazine groups is 1. The number of carbonyl (C=O) groups excluding carboxylic acids is 1. The average Bonchev–Trinajstić information content (AvgIpc) is 2.47. The lowest BCUT2D eigenvalue weighted by molar-refractivity contribution is -0.123. The van der Waals surface area contributed by atoms with E-state index in [1.807, 2.05) is 6.07 Å². The van der Waals surface area contributed by atoms with Crippen LogP contribution in [0.15, 0.2) is 23.3 Å². The van der Waals surface area contributed by atoms with Gasteiger partial charge >= 0.3 is 0 Å². The maximum atomic E-state index is 11.1. The maximum absolute atomic E-state index is 11.1. The molecule has 1 atom stereocenters. The van der Waals surface area contributed by atoms with E-state index >= 15 is 0 Å². The van der Waals surface area contributed by atoms with E-state index in [2.05, 4.69) is 26.7 Å². The average molecular weight is 279 g/mol. The quantitative estimate of drug-likeness (QED) is 0.413. The van der Waals surface area contributed by atoms with Crippen molar-refractivity contribution in [2.24, 2.45) is 5.10 Å². The molecule has 1 heterocycles. The van der Waals surface area contributed by atoms with Crippen LogP contribution in [0.25, 0.3) is 0 Å². The van der Waals surface area contributed by atoms with Gasteiger partial charge in [-0.05, 0) is 23.8 Å². The smallest absolute Gasteiger partial charge is 0.238 e. The summed E-state index contributed by atoms with van der Waals surface area (Å²) in [4.78, 5) is 11.1. The zero-order valence-electron chi connectivity index (χ0n) is 11.3. The molecule has 0 radical (unpaired) electrons. The standard InChI is InChI=1S/C12H17N5O3/c1-19-9-4-3-8(5-10(9)20-2)6-13-16-12-15-11(18)7-14-17-12/h3-6,12,14,16-17H,7H2,1-2H3,(H,15,18)/b13-6+. The number of rotatable bonds is 5. The molecule has 108 valence electrons. The molecule has 8 nitrogen and oxygen atoms in total. The third-order valence-electron chi connectivity index (χ3n) is 2.63. The molecule has 1 amide bonds. The zero-order valence-corrected chi connectivity index (χ0v) is 11.3. The largest absolute Gasteiger partial charge is 0.493 e. The number of methoxy groups -OCH3 is 2. The van der Waals surface area contributed by atoms with Gasteiger partial charge in [0.2, 0.25) is 5.91 Å². The van der Waals surface area contributed by atoms with Crippen molar-refractivity contribution in [2.45, 2.75) is 6.29 Å². The highest BCUT2D eigenvalue weighted by atomic mass is 16.5. The highest BCUT2D eigenvalue weighted by molar-refractivity contribution is 5.81. The number of hydrogen-bond donors (Lipinski definition) is 4. The summed E-state index contributed by atoms with van der Waals surface area (Å²) in [5.41, 5.74) is 9.15. The van der Waals surface area contributed by atoms with Crippen molar-refractivity contribution in [3.63, 3.8) is 0 Å². The van der Waals surface area contributed by atoms with Gasteiger partial charge in [-0.2, -0.15) is 5.10 Å². The normalized spacial score (nSPS) is 18.7. The van der Waals surface area contributed by atoms with E-state index in [0.717, 1.165) is 5.56 Å². The van der Waals surface area contributed by atoms with Crippen LogP contribution in [0.4, 0.5) is 0 Å². The van der Waals surface area contributed by atoms with Crippen LogP contribution in [-0.4, -0.2) is 39.2 Å². The molecule has 8 heteroatoms. The molecule has 0 aliphatic carbocycles. The van der Waals surface area contributed by atoms with Crippen LogP contribution in [0.3, 0.4) is 0 Å². The van der Waals surface area contributed by atoms with E-state index in [9.17, 15) is 4.79 Å². The van der Waals surface area contributed by atoms with Crippen LogP contribution >= 0.6 is 0 Å². The number of carbonyl (C=O) groups is 1. The number of ether oxygens (including phenoxy) is 2. The number of nitrogens with zero attached hydrogens (tertiary/aromatic N) is 1. The Kier molecular flexibility index (Phi) is 4.75. The summed E-state index contributed by atoms with van der Waals surface area (Å²) < 4.78 is 10.4. The van der Waals surface area contributed by atoms with Gasteiger partial charge in [-0.25, -0.2) is 10.9 Å². The van der Waals surface area contributed by atoms with E-state index in [1.165, 1.54) is 0 Å². The minimum Gasteiger partial charge on any atom is -0.493 e. The van der Waals surface area contributed by atoms with Crippen molar-refractivity contribution in [3.05, 3.63) is 23.8 Å². The van der Waals surface area contributed by atoms with E-state index in [4.69, 9.17) is 9.47 Å². The molecule has 0 bridgehead atoms. The molecular formula is C12H17N5O3. The first-order chi connectivity index (χ1) is 9.72. The lowest BCUT2D eigenvalue weighted by Crippen LogP contribution is -2.64. The highest BCUT2D eigenvalue weighted by Gasteiger charge is 2.15. The van der Waals surface area contributed by atoms with Gasteiger partial charge in [0, 0.05) is 0 Å². The van der Waals surface area contributed by atoms with E-state index in [-0.39, 0.29) is 12.5 Å². The van der Waals surface area contributed by atoms with Gasteiger partial charge in [0.1, 0.15) is 0 Å². The fourth-order valence-corrected chi connectivity index (χ4v) is 1.67. The topological polar surface area (TPSA) is 96.0 Å². The Labute approximate surface area is 116 Å². The predicted octanol–water partition coefficient (Wildman–Crippen LogP) is -0.865. The van der Waals surface area contributed by atoms with Crippen molar-refractivity contribution >= 4 is 12.1 Å². The Bertz CT molecular complexity index is 506. The van der Waals surface area contributed by atoms with E-state index in [1.54, 1.807) is 32.6 Å². The summed E-state index contributed by atoms with van der Waals surface area (Å²) in [6.07, 6.45) is 1.16. The molecule has 1 aliphatic heterocycles. The van der Waals surface area contributed by atoms with Crippen LogP contribution in [0.2, 0.25) is 0 Å². The number of hydrogen-bond acceptors (Lipinski definition) is 7. The maximum Gasteiger partial charge on any atom is 0.238 e. The Morgan fingerprint density at radius 2 is 2.15 bits per heavy atom. The summed E-state index contributed by atoms with van der Waals surface area (Å²) in [6, 6.07) is 5.44. The molecule has 1 aromatic rings. The third-order valence-corrected chi connectivity index (χ3v) is 2.63. The Morgan fingerprint density at radius 1 is 1.35 bits per heavy atom. The third kappa shape index (κ3) is 3.59. The summed E-state index contributed by atoms with van der Waals surface area (Å²) in [7, 11) is 3.15. The van der Waals surface area contributed by atoms with Gasteiger partial charge < -0.3 is 14.8 Å². The fraction of sp³-hybridized carbons (Fsp3) is 0.333.